The fourth-order valence-corrected chi connectivity index (χ4v) is 5.40. The molecule has 2 heterocycles. The van der Waals surface area contributed by atoms with E-state index < -0.39 is 5.97 Å². The van der Waals surface area contributed by atoms with Gasteiger partial charge in [0, 0.05) is 13.0 Å². The highest BCUT2D eigenvalue weighted by atomic mass is 16.4. The third-order valence-corrected chi connectivity index (χ3v) is 7.31. The quantitative estimate of drug-likeness (QED) is 0.221. The van der Waals surface area contributed by atoms with E-state index in [1.807, 2.05) is 0 Å². The number of aliphatic carboxylic acids is 1. The van der Waals surface area contributed by atoms with Crippen molar-refractivity contribution >= 4 is 5.97 Å². The molecule has 2 N–H and O–H groups in total. The van der Waals surface area contributed by atoms with Gasteiger partial charge in [0.2, 0.25) is 0 Å². The molecule has 180 valence electrons. The van der Waals surface area contributed by atoms with Crippen molar-refractivity contribution in [2.75, 3.05) is 13.1 Å². The second kappa shape index (κ2) is 16.6. The van der Waals surface area contributed by atoms with Crippen molar-refractivity contribution in [3.05, 3.63) is 12.3 Å². The Labute approximate surface area is 192 Å². The first-order valence-electron chi connectivity index (χ1n) is 13.6. The van der Waals surface area contributed by atoms with Crippen LogP contribution in [0.5, 0.6) is 0 Å². The number of carboxylic acids is 1. The standard InChI is InChI=1S/C27H50N2O2/c30-26(31)20-15-12-10-8-6-4-2-1-3-5-7-9-11-13-16-21-27-22-17-14-18-24-29(27)25-19-23-28-27/h18,24,28H,1-17,19-23,25H2,(H,30,31). The lowest BCUT2D eigenvalue weighted by Gasteiger charge is -2.47. The summed E-state index contributed by atoms with van der Waals surface area (Å²) in [4.78, 5) is 13.1. The fraction of sp³-hybridized carbons (Fsp3) is 0.889. The molecule has 0 amide bonds. The van der Waals surface area contributed by atoms with Crippen LogP contribution >= 0.6 is 0 Å². The lowest BCUT2D eigenvalue weighted by molar-refractivity contribution is -0.137. The molecule has 1 fully saturated rings. The number of allylic oxidation sites excluding steroid dienone is 1. The van der Waals surface area contributed by atoms with Gasteiger partial charge < -0.3 is 10.0 Å². The van der Waals surface area contributed by atoms with E-state index in [0.29, 0.717) is 6.42 Å². The first kappa shape index (κ1) is 26.2. The van der Waals surface area contributed by atoms with E-state index in [9.17, 15) is 4.79 Å². The lowest BCUT2D eigenvalue weighted by atomic mass is 9.92. The lowest BCUT2D eigenvalue weighted by Crippen LogP contribution is -2.60. The predicted molar refractivity (Wildman–Crippen MR) is 131 cm³/mol. The average molecular weight is 435 g/mol. The maximum Gasteiger partial charge on any atom is 0.303 e. The second-order valence-corrected chi connectivity index (χ2v) is 9.98. The average Bonchev–Trinajstić information content (AvgIpc) is 2.98. The smallest absolute Gasteiger partial charge is 0.303 e. The summed E-state index contributed by atoms with van der Waals surface area (Å²) >= 11 is 0. The molecule has 0 aliphatic carbocycles. The molecule has 0 saturated carbocycles. The van der Waals surface area contributed by atoms with Crippen LogP contribution in [0.2, 0.25) is 0 Å². The molecule has 2 aliphatic rings. The van der Waals surface area contributed by atoms with Gasteiger partial charge in [-0.3, -0.25) is 10.1 Å². The molecule has 2 rings (SSSR count). The van der Waals surface area contributed by atoms with Crippen molar-refractivity contribution in [3.63, 3.8) is 0 Å². The number of hydrogen-bond acceptors (Lipinski definition) is 3. The van der Waals surface area contributed by atoms with Crippen molar-refractivity contribution in [2.45, 2.75) is 141 Å². The van der Waals surface area contributed by atoms with Crippen LogP contribution in [-0.4, -0.2) is 34.7 Å². The fourth-order valence-electron chi connectivity index (χ4n) is 5.40. The van der Waals surface area contributed by atoms with Crippen LogP contribution in [0.3, 0.4) is 0 Å². The van der Waals surface area contributed by atoms with Gasteiger partial charge in [-0.15, -0.1) is 0 Å². The van der Waals surface area contributed by atoms with E-state index in [-0.39, 0.29) is 5.66 Å². The van der Waals surface area contributed by atoms with Crippen molar-refractivity contribution in [1.29, 1.82) is 0 Å². The summed E-state index contributed by atoms with van der Waals surface area (Å²) in [6.07, 6.45) is 31.3. The highest BCUT2D eigenvalue weighted by molar-refractivity contribution is 5.66. The number of nitrogens with one attached hydrogen (secondary N) is 1. The van der Waals surface area contributed by atoms with Gasteiger partial charge in [0.05, 0.1) is 5.66 Å². The van der Waals surface area contributed by atoms with Crippen LogP contribution in [0, 0.1) is 0 Å². The number of carbonyl (C=O) groups is 1. The van der Waals surface area contributed by atoms with Gasteiger partial charge in [-0.2, -0.15) is 0 Å². The Balaban J connectivity index is 1.35. The van der Waals surface area contributed by atoms with Gasteiger partial charge in [-0.25, -0.2) is 0 Å². The molecule has 0 bridgehead atoms. The van der Waals surface area contributed by atoms with Crippen molar-refractivity contribution in [3.8, 4) is 0 Å². The summed E-state index contributed by atoms with van der Waals surface area (Å²) in [5.41, 5.74) is 0.268. The van der Waals surface area contributed by atoms with Gasteiger partial charge >= 0.3 is 5.97 Å². The highest BCUT2D eigenvalue weighted by Crippen LogP contribution is 2.31. The maximum atomic E-state index is 10.5. The number of carboxylic acid groups (broad SMARTS) is 1. The monoisotopic (exact) mass is 434 g/mol. The topological polar surface area (TPSA) is 52.6 Å². The SMILES string of the molecule is O=C(O)CCCCCCCCCCCCCCCCCC12CCCC=CN1CCCN2. The van der Waals surface area contributed by atoms with E-state index in [4.69, 9.17) is 5.11 Å². The molecule has 0 aromatic carbocycles. The third-order valence-electron chi connectivity index (χ3n) is 7.31. The van der Waals surface area contributed by atoms with Crippen LogP contribution < -0.4 is 5.32 Å². The Bertz CT molecular complexity index is 494. The predicted octanol–water partition coefficient (Wildman–Crippen LogP) is 7.39. The second-order valence-electron chi connectivity index (χ2n) is 9.98. The van der Waals surface area contributed by atoms with Gasteiger partial charge in [-0.05, 0) is 57.7 Å². The van der Waals surface area contributed by atoms with Gasteiger partial charge in [0.15, 0.2) is 0 Å². The van der Waals surface area contributed by atoms with Crippen LogP contribution in [0.15, 0.2) is 12.3 Å². The first-order chi connectivity index (χ1) is 15.2. The summed E-state index contributed by atoms with van der Waals surface area (Å²) in [5.74, 6) is -0.652. The van der Waals surface area contributed by atoms with Crippen molar-refractivity contribution in [1.82, 2.24) is 10.2 Å². The van der Waals surface area contributed by atoms with Crippen LogP contribution in [0.1, 0.15) is 135 Å². The summed E-state index contributed by atoms with van der Waals surface area (Å²) in [6, 6.07) is 0. The van der Waals surface area contributed by atoms with Crippen molar-refractivity contribution < 1.29 is 9.90 Å². The minimum atomic E-state index is -0.652. The number of hydrogen-bond donors (Lipinski definition) is 2. The first-order valence-corrected chi connectivity index (χ1v) is 13.6. The molecular formula is C27H50N2O2. The Kier molecular flexibility index (Phi) is 14.0. The van der Waals surface area contributed by atoms with Crippen LogP contribution in [0.25, 0.3) is 0 Å². The number of fused-ring (bicyclic) bond motifs is 1. The molecule has 1 atom stereocenters. The molecule has 2 aliphatic heterocycles. The van der Waals surface area contributed by atoms with E-state index in [1.165, 1.54) is 129 Å². The Morgan fingerprint density at radius 2 is 1.35 bits per heavy atom. The van der Waals surface area contributed by atoms with Crippen LogP contribution in [0.4, 0.5) is 0 Å². The van der Waals surface area contributed by atoms with Crippen LogP contribution in [-0.2, 0) is 4.79 Å². The zero-order valence-electron chi connectivity index (χ0n) is 20.2. The van der Waals surface area contributed by atoms with E-state index in [1.54, 1.807) is 0 Å². The molecule has 0 radical (unpaired) electrons. The van der Waals surface area contributed by atoms with E-state index in [0.717, 1.165) is 12.8 Å². The Morgan fingerprint density at radius 1 is 0.806 bits per heavy atom. The highest BCUT2D eigenvalue weighted by Gasteiger charge is 2.36. The third kappa shape index (κ3) is 11.4. The summed E-state index contributed by atoms with van der Waals surface area (Å²) in [6.45, 7) is 2.42. The molecule has 0 aromatic rings. The summed E-state index contributed by atoms with van der Waals surface area (Å²) in [7, 11) is 0. The van der Waals surface area contributed by atoms with E-state index in [2.05, 4.69) is 22.5 Å². The number of unbranched alkanes of at least 4 members (excludes halogenated alkanes) is 14. The number of rotatable bonds is 18. The Morgan fingerprint density at radius 3 is 1.94 bits per heavy atom. The molecule has 1 unspecified atom stereocenters. The number of nitrogens with zero attached hydrogens (tertiary/aromatic N) is 1. The molecule has 31 heavy (non-hydrogen) atoms. The molecule has 0 aromatic heterocycles. The maximum absolute atomic E-state index is 10.5. The Hall–Kier alpha value is -1.03. The molecule has 4 heteroatoms. The molecule has 0 spiro atoms. The minimum absolute atomic E-state index is 0.268. The van der Waals surface area contributed by atoms with Gasteiger partial charge in [0.1, 0.15) is 0 Å². The molecule has 1 saturated heterocycles. The van der Waals surface area contributed by atoms with Gasteiger partial charge in [0.25, 0.3) is 0 Å². The molecule has 4 nitrogen and oxygen atoms in total. The normalized spacial score (nSPS) is 21.1. The van der Waals surface area contributed by atoms with E-state index >= 15 is 0 Å². The zero-order valence-corrected chi connectivity index (χ0v) is 20.2. The summed E-state index contributed by atoms with van der Waals surface area (Å²) < 4.78 is 0. The summed E-state index contributed by atoms with van der Waals surface area (Å²) in [5, 5.41) is 12.5. The largest absolute Gasteiger partial charge is 0.481 e. The zero-order chi connectivity index (χ0) is 22.0. The van der Waals surface area contributed by atoms with Gasteiger partial charge in [-0.1, -0.05) is 89.5 Å². The van der Waals surface area contributed by atoms with Crippen molar-refractivity contribution in [2.24, 2.45) is 0 Å². The minimum Gasteiger partial charge on any atom is -0.481 e. The molecular weight excluding hydrogens is 384 g/mol.